The van der Waals surface area contributed by atoms with Crippen molar-refractivity contribution in [2.45, 2.75) is 12.5 Å². The summed E-state index contributed by atoms with van der Waals surface area (Å²) < 4.78 is 5.76. The molecule has 2 heterocycles. The monoisotopic (exact) mass is 288 g/mol. The fraction of sp³-hybridized carbons (Fsp3) is 0.200. The molecule has 0 radical (unpaired) electrons. The van der Waals surface area contributed by atoms with Crippen molar-refractivity contribution in [3.8, 4) is 5.75 Å². The lowest BCUT2D eigenvalue weighted by molar-refractivity contribution is 0.0933. The van der Waals surface area contributed by atoms with E-state index >= 15 is 0 Å². The zero-order chi connectivity index (χ0) is 13.9. The summed E-state index contributed by atoms with van der Waals surface area (Å²) in [5, 5.41) is 3.04. The molecule has 3 rings (SSSR count). The molecule has 102 valence electrons. The summed E-state index contributed by atoms with van der Waals surface area (Å²) in [7, 11) is 0. The summed E-state index contributed by atoms with van der Waals surface area (Å²) in [6.07, 6.45) is 2.32. The van der Waals surface area contributed by atoms with Gasteiger partial charge in [-0.15, -0.1) is 0 Å². The van der Waals surface area contributed by atoms with Crippen LogP contribution in [0, 0.1) is 0 Å². The molecule has 0 spiro atoms. The topological polar surface area (TPSA) is 51.2 Å². The average Bonchev–Trinajstić information content (AvgIpc) is 2.88. The molecular formula is C15H13ClN2O2. The number of fused-ring (bicyclic) bond motifs is 1. The van der Waals surface area contributed by atoms with Gasteiger partial charge in [-0.2, -0.15) is 0 Å². The molecule has 1 amide bonds. The van der Waals surface area contributed by atoms with Gasteiger partial charge in [0.05, 0.1) is 12.1 Å². The van der Waals surface area contributed by atoms with Gasteiger partial charge in [0.2, 0.25) is 0 Å². The summed E-state index contributed by atoms with van der Waals surface area (Å²) in [6.45, 7) is 0.443. The first-order chi connectivity index (χ1) is 9.74. The van der Waals surface area contributed by atoms with Crippen molar-refractivity contribution in [3.05, 3.63) is 58.9 Å². The maximum atomic E-state index is 12.0. The molecule has 1 aromatic heterocycles. The molecule has 0 bridgehead atoms. The Morgan fingerprint density at radius 2 is 2.20 bits per heavy atom. The second-order valence-corrected chi connectivity index (χ2v) is 4.96. The van der Waals surface area contributed by atoms with E-state index in [0.29, 0.717) is 12.1 Å². The first-order valence-corrected chi connectivity index (χ1v) is 6.75. The van der Waals surface area contributed by atoms with E-state index in [1.54, 1.807) is 18.3 Å². The van der Waals surface area contributed by atoms with Crippen LogP contribution in [0.25, 0.3) is 0 Å². The molecule has 2 aromatic rings. The molecule has 1 aliphatic heterocycles. The third kappa shape index (κ3) is 2.60. The smallest absolute Gasteiger partial charge is 0.254 e. The zero-order valence-electron chi connectivity index (χ0n) is 10.7. The number of amides is 1. The van der Waals surface area contributed by atoms with Gasteiger partial charge in [-0.1, -0.05) is 29.8 Å². The Kier molecular flexibility index (Phi) is 3.56. The second-order valence-electron chi connectivity index (χ2n) is 4.60. The Morgan fingerprint density at radius 3 is 3.00 bits per heavy atom. The molecule has 0 aliphatic carbocycles. The Balaban J connectivity index is 1.59. The second kappa shape index (κ2) is 5.51. The predicted molar refractivity (Wildman–Crippen MR) is 76.1 cm³/mol. The average molecular weight is 289 g/mol. The lowest BCUT2D eigenvalue weighted by Gasteiger charge is -2.12. The third-order valence-electron chi connectivity index (χ3n) is 3.21. The number of aromatic nitrogens is 1. The number of nitrogens with one attached hydrogen (secondary N) is 1. The van der Waals surface area contributed by atoms with Gasteiger partial charge in [0, 0.05) is 12.6 Å². The standard InChI is InChI=1S/C15H13ClN2O2/c16-14-12(5-3-7-17-14)15(19)18-9-11-8-10-4-1-2-6-13(10)20-11/h1-7,11H,8-9H2,(H,18,19). The van der Waals surface area contributed by atoms with E-state index in [1.807, 2.05) is 24.3 Å². The third-order valence-corrected chi connectivity index (χ3v) is 3.51. The van der Waals surface area contributed by atoms with Gasteiger partial charge < -0.3 is 10.1 Å². The van der Waals surface area contributed by atoms with E-state index in [0.717, 1.165) is 12.2 Å². The van der Waals surface area contributed by atoms with Crippen LogP contribution in [0.15, 0.2) is 42.6 Å². The van der Waals surface area contributed by atoms with Gasteiger partial charge in [0.25, 0.3) is 5.91 Å². The SMILES string of the molecule is O=C(NCC1Cc2ccccc2O1)c1cccnc1Cl. The molecule has 1 aliphatic rings. The Morgan fingerprint density at radius 1 is 1.35 bits per heavy atom. The number of halogens is 1. The summed E-state index contributed by atoms with van der Waals surface area (Å²) in [5.74, 6) is 0.661. The van der Waals surface area contributed by atoms with E-state index < -0.39 is 0 Å². The van der Waals surface area contributed by atoms with Gasteiger partial charge in [0.1, 0.15) is 17.0 Å². The number of ether oxygens (including phenoxy) is 1. The van der Waals surface area contributed by atoms with Crippen LogP contribution < -0.4 is 10.1 Å². The van der Waals surface area contributed by atoms with Gasteiger partial charge in [-0.25, -0.2) is 4.98 Å². The van der Waals surface area contributed by atoms with Crippen LogP contribution in [-0.2, 0) is 6.42 Å². The summed E-state index contributed by atoms with van der Waals surface area (Å²) in [5.41, 5.74) is 1.55. The number of carbonyl (C=O) groups excluding carboxylic acids is 1. The zero-order valence-corrected chi connectivity index (χ0v) is 11.4. The molecule has 5 heteroatoms. The van der Waals surface area contributed by atoms with Crippen LogP contribution in [0.4, 0.5) is 0 Å². The van der Waals surface area contributed by atoms with E-state index in [2.05, 4.69) is 10.3 Å². The molecule has 4 nitrogen and oxygen atoms in total. The van der Waals surface area contributed by atoms with Crippen LogP contribution >= 0.6 is 11.6 Å². The number of carbonyl (C=O) groups is 1. The Labute approximate surface area is 121 Å². The number of hydrogen-bond acceptors (Lipinski definition) is 3. The van der Waals surface area contributed by atoms with Crippen LogP contribution in [0.2, 0.25) is 5.15 Å². The van der Waals surface area contributed by atoms with Crippen LogP contribution in [0.1, 0.15) is 15.9 Å². The highest BCUT2D eigenvalue weighted by atomic mass is 35.5. The normalized spacial score (nSPS) is 16.4. The number of benzene rings is 1. The highest BCUT2D eigenvalue weighted by Crippen LogP contribution is 2.27. The number of nitrogens with zero attached hydrogens (tertiary/aromatic N) is 1. The summed E-state index contributed by atoms with van der Waals surface area (Å²) in [6, 6.07) is 11.2. The Bertz CT molecular complexity index is 620. The molecule has 1 aromatic carbocycles. The van der Waals surface area contributed by atoms with Gasteiger partial charge in [-0.3, -0.25) is 4.79 Å². The van der Waals surface area contributed by atoms with Crippen LogP contribution in [0.5, 0.6) is 5.75 Å². The highest BCUT2D eigenvalue weighted by molar-refractivity contribution is 6.32. The van der Waals surface area contributed by atoms with Crippen molar-refractivity contribution in [1.82, 2.24) is 10.3 Å². The molecule has 1 N–H and O–H groups in total. The molecule has 0 fully saturated rings. The van der Waals surface area contributed by atoms with Gasteiger partial charge >= 0.3 is 0 Å². The molecule has 0 saturated carbocycles. The van der Waals surface area contributed by atoms with E-state index in [9.17, 15) is 4.79 Å². The van der Waals surface area contributed by atoms with Crippen molar-refractivity contribution in [1.29, 1.82) is 0 Å². The lowest BCUT2D eigenvalue weighted by Crippen LogP contribution is -2.34. The van der Waals surface area contributed by atoms with E-state index in [1.165, 1.54) is 5.56 Å². The largest absolute Gasteiger partial charge is 0.488 e. The molecule has 20 heavy (non-hydrogen) atoms. The molecular weight excluding hydrogens is 276 g/mol. The van der Waals surface area contributed by atoms with Crippen molar-refractivity contribution in [2.24, 2.45) is 0 Å². The molecule has 1 atom stereocenters. The lowest BCUT2D eigenvalue weighted by atomic mass is 10.1. The van der Waals surface area contributed by atoms with Gasteiger partial charge in [-0.05, 0) is 23.8 Å². The maximum absolute atomic E-state index is 12.0. The summed E-state index contributed by atoms with van der Waals surface area (Å²) in [4.78, 5) is 15.9. The maximum Gasteiger partial charge on any atom is 0.254 e. The van der Waals surface area contributed by atoms with Crippen molar-refractivity contribution in [3.63, 3.8) is 0 Å². The van der Waals surface area contributed by atoms with Crippen LogP contribution in [0.3, 0.4) is 0 Å². The number of hydrogen-bond donors (Lipinski definition) is 1. The van der Waals surface area contributed by atoms with E-state index in [4.69, 9.17) is 16.3 Å². The van der Waals surface area contributed by atoms with Crippen molar-refractivity contribution in [2.75, 3.05) is 6.54 Å². The number of pyridine rings is 1. The highest BCUT2D eigenvalue weighted by Gasteiger charge is 2.23. The minimum Gasteiger partial charge on any atom is -0.488 e. The fourth-order valence-corrected chi connectivity index (χ4v) is 2.43. The van der Waals surface area contributed by atoms with Crippen molar-refractivity contribution >= 4 is 17.5 Å². The number of rotatable bonds is 3. The fourth-order valence-electron chi connectivity index (χ4n) is 2.22. The van der Waals surface area contributed by atoms with Crippen molar-refractivity contribution < 1.29 is 9.53 Å². The van der Waals surface area contributed by atoms with E-state index in [-0.39, 0.29) is 17.2 Å². The minimum absolute atomic E-state index is 0.0354. The molecule has 1 unspecified atom stereocenters. The first-order valence-electron chi connectivity index (χ1n) is 6.37. The minimum atomic E-state index is -0.234. The quantitative estimate of drug-likeness (QED) is 0.883. The molecule has 0 saturated heterocycles. The van der Waals surface area contributed by atoms with Gasteiger partial charge in [0.15, 0.2) is 0 Å². The Hall–Kier alpha value is -2.07. The first kappa shape index (κ1) is 12.9. The predicted octanol–water partition coefficient (Wildman–Crippen LogP) is 2.47. The summed E-state index contributed by atoms with van der Waals surface area (Å²) >= 11 is 5.88. The number of para-hydroxylation sites is 1. The van der Waals surface area contributed by atoms with Crippen LogP contribution in [-0.4, -0.2) is 23.5 Å².